The van der Waals surface area contributed by atoms with E-state index in [0.29, 0.717) is 5.82 Å². The van der Waals surface area contributed by atoms with Gasteiger partial charge in [-0.05, 0) is 19.8 Å². The molecule has 1 aromatic rings. The Morgan fingerprint density at radius 3 is 2.72 bits per heavy atom. The van der Waals surface area contributed by atoms with Gasteiger partial charge in [0.1, 0.15) is 5.60 Å². The van der Waals surface area contributed by atoms with Gasteiger partial charge in [0.2, 0.25) is 5.82 Å². The Hall–Kier alpha value is -1.43. The second-order valence-electron chi connectivity index (χ2n) is 4.40. The van der Waals surface area contributed by atoms with Gasteiger partial charge in [-0.3, -0.25) is 0 Å². The number of hydrogen-bond donors (Lipinski definition) is 0. The van der Waals surface area contributed by atoms with Gasteiger partial charge in [-0.15, -0.1) is 0 Å². The molecule has 100 valence electrons. The first-order valence-corrected chi connectivity index (χ1v) is 6.28. The maximum Gasteiger partial charge on any atom is 0.397 e. The minimum Gasteiger partial charge on any atom is -0.459 e. The van der Waals surface area contributed by atoms with E-state index in [1.807, 2.05) is 0 Å². The maximum absolute atomic E-state index is 11.5. The number of esters is 1. The second kappa shape index (κ2) is 5.48. The van der Waals surface area contributed by atoms with Crippen molar-refractivity contribution < 1.29 is 18.8 Å². The number of carbonyl (C=O) groups is 1. The summed E-state index contributed by atoms with van der Waals surface area (Å²) in [7, 11) is 1.64. The average Bonchev–Trinajstić information content (AvgIpc) is 2.90. The summed E-state index contributed by atoms with van der Waals surface area (Å²) in [6, 6.07) is 0. The topological polar surface area (TPSA) is 74.5 Å². The first-order valence-electron chi connectivity index (χ1n) is 6.28. The molecule has 0 atom stereocenters. The Bertz CT molecular complexity index is 410. The van der Waals surface area contributed by atoms with Crippen molar-refractivity contribution in [3.63, 3.8) is 0 Å². The van der Waals surface area contributed by atoms with E-state index in [1.54, 1.807) is 14.0 Å². The lowest BCUT2D eigenvalue weighted by atomic mass is 9.84. The van der Waals surface area contributed by atoms with Crippen LogP contribution in [0.5, 0.6) is 0 Å². The summed E-state index contributed by atoms with van der Waals surface area (Å²) in [5.74, 6) is -0.236. The van der Waals surface area contributed by atoms with Crippen LogP contribution in [0.1, 0.15) is 55.5 Å². The van der Waals surface area contributed by atoms with Crippen LogP contribution in [-0.2, 0) is 15.1 Å². The van der Waals surface area contributed by atoms with Crippen LogP contribution in [0.25, 0.3) is 0 Å². The van der Waals surface area contributed by atoms with Crippen molar-refractivity contribution >= 4 is 5.97 Å². The Balaban J connectivity index is 2.19. The van der Waals surface area contributed by atoms with Crippen LogP contribution in [-0.4, -0.2) is 29.8 Å². The number of aromatic nitrogens is 2. The van der Waals surface area contributed by atoms with Gasteiger partial charge in [0.25, 0.3) is 0 Å². The van der Waals surface area contributed by atoms with Crippen LogP contribution >= 0.6 is 0 Å². The molecule has 6 nitrogen and oxygen atoms in total. The van der Waals surface area contributed by atoms with Gasteiger partial charge in [0.15, 0.2) is 0 Å². The van der Waals surface area contributed by atoms with Gasteiger partial charge in [-0.2, -0.15) is 4.98 Å². The summed E-state index contributed by atoms with van der Waals surface area (Å²) in [4.78, 5) is 15.6. The summed E-state index contributed by atoms with van der Waals surface area (Å²) < 4.78 is 15.3. The molecule has 2 rings (SSSR count). The summed E-state index contributed by atoms with van der Waals surface area (Å²) in [6.07, 6.45) is 5.03. The third-order valence-electron chi connectivity index (χ3n) is 3.34. The third-order valence-corrected chi connectivity index (χ3v) is 3.34. The molecule has 1 fully saturated rings. The normalized spacial score (nSPS) is 18.6. The first kappa shape index (κ1) is 13.0. The Kier molecular flexibility index (Phi) is 3.96. The number of nitrogens with zero attached hydrogens (tertiary/aromatic N) is 2. The third kappa shape index (κ3) is 2.38. The lowest BCUT2D eigenvalue weighted by Gasteiger charge is -2.32. The van der Waals surface area contributed by atoms with E-state index in [-0.39, 0.29) is 12.5 Å². The van der Waals surface area contributed by atoms with E-state index in [9.17, 15) is 4.79 Å². The van der Waals surface area contributed by atoms with Crippen molar-refractivity contribution in [3.8, 4) is 0 Å². The highest BCUT2D eigenvalue weighted by Gasteiger charge is 2.39. The molecule has 1 saturated carbocycles. The van der Waals surface area contributed by atoms with Crippen molar-refractivity contribution in [3.05, 3.63) is 11.7 Å². The van der Waals surface area contributed by atoms with Crippen LogP contribution in [0.3, 0.4) is 0 Å². The highest BCUT2D eigenvalue weighted by molar-refractivity contribution is 5.83. The van der Waals surface area contributed by atoms with E-state index < -0.39 is 11.6 Å². The van der Waals surface area contributed by atoms with E-state index in [1.165, 1.54) is 6.42 Å². The SMILES string of the molecule is CCOC(=O)c1nc(C2(OC)CCCCC2)no1. The highest BCUT2D eigenvalue weighted by atomic mass is 16.6. The molecule has 0 radical (unpaired) electrons. The van der Waals surface area contributed by atoms with Crippen molar-refractivity contribution in [2.45, 2.75) is 44.6 Å². The van der Waals surface area contributed by atoms with Gasteiger partial charge in [-0.1, -0.05) is 24.4 Å². The second-order valence-corrected chi connectivity index (χ2v) is 4.40. The largest absolute Gasteiger partial charge is 0.459 e. The molecular formula is C12H18N2O4. The summed E-state index contributed by atoms with van der Waals surface area (Å²) in [5.41, 5.74) is -0.507. The van der Waals surface area contributed by atoms with Crippen molar-refractivity contribution in [1.29, 1.82) is 0 Å². The van der Waals surface area contributed by atoms with E-state index in [2.05, 4.69) is 10.1 Å². The minimum absolute atomic E-state index is 0.103. The average molecular weight is 254 g/mol. The molecule has 0 aliphatic heterocycles. The number of ether oxygens (including phenoxy) is 2. The summed E-state index contributed by atoms with van der Waals surface area (Å²) in [5, 5.41) is 3.87. The molecule has 1 heterocycles. The smallest absolute Gasteiger partial charge is 0.397 e. The molecule has 6 heteroatoms. The van der Waals surface area contributed by atoms with Crippen LogP contribution in [0.2, 0.25) is 0 Å². The number of rotatable bonds is 4. The van der Waals surface area contributed by atoms with Crippen LogP contribution in [0.4, 0.5) is 0 Å². The fraction of sp³-hybridized carbons (Fsp3) is 0.750. The zero-order valence-corrected chi connectivity index (χ0v) is 10.8. The van der Waals surface area contributed by atoms with Crippen LogP contribution in [0, 0.1) is 0 Å². The molecule has 0 saturated heterocycles. The zero-order chi connectivity index (χ0) is 13.0. The molecule has 0 amide bonds. The molecule has 1 aromatic heterocycles. The van der Waals surface area contributed by atoms with E-state index in [4.69, 9.17) is 14.0 Å². The zero-order valence-electron chi connectivity index (χ0n) is 10.8. The fourth-order valence-corrected chi connectivity index (χ4v) is 2.33. The van der Waals surface area contributed by atoms with Crippen LogP contribution < -0.4 is 0 Å². The summed E-state index contributed by atoms with van der Waals surface area (Å²) in [6.45, 7) is 2.01. The molecular weight excluding hydrogens is 236 g/mol. The van der Waals surface area contributed by atoms with Gasteiger partial charge >= 0.3 is 11.9 Å². The number of carbonyl (C=O) groups excluding carboxylic acids is 1. The fourth-order valence-electron chi connectivity index (χ4n) is 2.33. The van der Waals surface area contributed by atoms with Crippen molar-refractivity contribution in [1.82, 2.24) is 10.1 Å². The minimum atomic E-state index is -0.585. The predicted molar refractivity (Wildman–Crippen MR) is 62.0 cm³/mol. The maximum atomic E-state index is 11.5. The molecule has 0 spiro atoms. The van der Waals surface area contributed by atoms with Crippen molar-refractivity contribution in [2.24, 2.45) is 0 Å². The lowest BCUT2D eigenvalue weighted by Crippen LogP contribution is -2.32. The van der Waals surface area contributed by atoms with Gasteiger partial charge < -0.3 is 14.0 Å². The van der Waals surface area contributed by atoms with Gasteiger partial charge in [0.05, 0.1) is 6.61 Å². The summed E-state index contributed by atoms with van der Waals surface area (Å²) >= 11 is 0. The standard InChI is InChI=1S/C12H18N2O4/c1-3-17-10(15)9-13-11(14-18-9)12(16-2)7-5-4-6-8-12/h3-8H2,1-2H3. The van der Waals surface area contributed by atoms with Gasteiger partial charge in [0, 0.05) is 7.11 Å². The first-order chi connectivity index (χ1) is 8.72. The molecule has 0 unspecified atom stereocenters. The molecule has 0 aromatic carbocycles. The molecule has 0 N–H and O–H groups in total. The molecule has 0 bridgehead atoms. The van der Waals surface area contributed by atoms with Crippen LogP contribution in [0.15, 0.2) is 4.52 Å². The number of hydrogen-bond acceptors (Lipinski definition) is 6. The molecule has 1 aliphatic rings. The Labute approximate surface area is 106 Å². The van der Waals surface area contributed by atoms with Gasteiger partial charge in [-0.25, -0.2) is 4.79 Å². The van der Waals surface area contributed by atoms with E-state index >= 15 is 0 Å². The van der Waals surface area contributed by atoms with E-state index in [0.717, 1.165) is 25.7 Å². The Morgan fingerprint density at radius 2 is 2.11 bits per heavy atom. The number of methoxy groups -OCH3 is 1. The lowest BCUT2D eigenvalue weighted by molar-refractivity contribution is -0.0527. The molecule has 1 aliphatic carbocycles. The predicted octanol–water partition coefficient (Wildman–Crippen LogP) is 2.05. The van der Waals surface area contributed by atoms with Crippen molar-refractivity contribution in [2.75, 3.05) is 13.7 Å². The quantitative estimate of drug-likeness (QED) is 0.765. The Morgan fingerprint density at radius 1 is 1.39 bits per heavy atom. The monoisotopic (exact) mass is 254 g/mol. The highest BCUT2D eigenvalue weighted by Crippen LogP contribution is 2.38. The molecule has 18 heavy (non-hydrogen) atoms.